The third-order valence-electron chi connectivity index (χ3n) is 2.71. The molecule has 0 bridgehead atoms. The molecule has 0 fully saturated rings. The minimum Gasteiger partial charge on any atom is -0.495 e. The van der Waals surface area contributed by atoms with Crippen molar-refractivity contribution in [3.8, 4) is 5.75 Å². The molecule has 0 saturated carbocycles. The fraction of sp³-hybridized carbons (Fsp3) is 0.308. The first-order valence-corrected chi connectivity index (χ1v) is 6.20. The first kappa shape index (κ1) is 11.9. The largest absolute Gasteiger partial charge is 0.495 e. The summed E-state index contributed by atoms with van der Waals surface area (Å²) in [6.07, 6.45) is 0. The standard InChI is InChI=1S/C13H14O3S/c1-7(2)10-8-5-4-6-9(16-3)11(8)17-12(10)13(14)15/h4-7H,1-3H3,(H,14,15). The van der Waals surface area contributed by atoms with Crippen LogP contribution in [0.4, 0.5) is 0 Å². The number of carboxylic acids is 1. The first-order valence-electron chi connectivity index (χ1n) is 5.39. The van der Waals surface area contributed by atoms with E-state index in [1.54, 1.807) is 7.11 Å². The van der Waals surface area contributed by atoms with Crippen LogP contribution in [0.15, 0.2) is 18.2 Å². The molecule has 2 rings (SSSR count). The number of fused-ring (bicyclic) bond motifs is 1. The van der Waals surface area contributed by atoms with Gasteiger partial charge >= 0.3 is 5.97 Å². The maximum Gasteiger partial charge on any atom is 0.346 e. The van der Waals surface area contributed by atoms with E-state index < -0.39 is 5.97 Å². The molecule has 1 N–H and O–H groups in total. The Hall–Kier alpha value is -1.55. The lowest BCUT2D eigenvalue weighted by Gasteiger charge is -2.06. The molecule has 0 aliphatic carbocycles. The Morgan fingerprint density at radius 1 is 1.41 bits per heavy atom. The molecule has 0 radical (unpaired) electrons. The quantitative estimate of drug-likeness (QED) is 0.902. The predicted molar refractivity (Wildman–Crippen MR) is 69.4 cm³/mol. The van der Waals surface area contributed by atoms with Gasteiger partial charge in [0.2, 0.25) is 0 Å². The van der Waals surface area contributed by atoms with Crippen molar-refractivity contribution in [3.05, 3.63) is 28.6 Å². The lowest BCUT2D eigenvalue weighted by molar-refractivity contribution is 0.0701. The molecule has 1 heterocycles. The van der Waals surface area contributed by atoms with Gasteiger partial charge < -0.3 is 9.84 Å². The SMILES string of the molecule is COc1cccc2c(C(C)C)c(C(=O)O)sc12. The van der Waals surface area contributed by atoms with Gasteiger partial charge in [-0.15, -0.1) is 11.3 Å². The summed E-state index contributed by atoms with van der Waals surface area (Å²) in [6, 6.07) is 5.70. The minimum absolute atomic E-state index is 0.182. The molecule has 4 heteroatoms. The maximum absolute atomic E-state index is 11.3. The van der Waals surface area contributed by atoms with Crippen molar-refractivity contribution in [1.29, 1.82) is 0 Å². The summed E-state index contributed by atoms with van der Waals surface area (Å²) in [5.74, 6) is 0.0563. The van der Waals surface area contributed by atoms with Crippen molar-refractivity contribution >= 4 is 27.4 Å². The van der Waals surface area contributed by atoms with Gasteiger partial charge in [0.05, 0.1) is 11.8 Å². The number of methoxy groups -OCH3 is 1. The van der Waals surface area contributed by atoms with Crippen molar-refractivity contribution in [2.24, 2.45) is 0 Å². The molecular formula is C13H14O3S. The van der Waals surface area contributed by atoms with Crippen LogP contribution in [-0.2, 0) is 0 Å². The second-order valence-electron chi connectivity index (χ2n) is 4.14. The highest BCUT2D eigenvalue weighted by Crippen LogP contribution is 2.40. The number of thiophene rings is 1. The summed E-state index contributed by atoms with van der Waals surface area (Å²) in [4.78, 5) is 11.7. The van der Waals surface area contributed by atoms with Crippen LogP contribution in [0.2, 0.25) is 0 Å². The second kappa shape index (κ2) is 4.37. The van der Waals surface area contributed by atoms with E-state index in [-0.39, 0.29) is 5.92 Å². The zero-order valence-electron chi connectivity index (χ0n) is 9.98. The zero-order valence-corrected chi connectivity index (χ0v) is 10.8. The Morgan fingerprint density at radius 3 is 2.65 bits per heavy atom. The molecular weight excluding hydrogens is 236 g/mol. The summed E-state index contributed by atoms with van der Waals surface area (Å²) in [5, 5.41) is 10.2. The number of hydrogen-bond donors (Lipinski definition) is 1. The molecule has 0 aliphatic heterocycles. The summed E-state index contributed by atoms with van der Waals surface area (Å²) in [5.41, 5.74) is 0.899. The normalized spacial score (nSPS) is 11.1. The van der Waals surface area contributed by atoms with Gasteiger partial charge in [-0.2, -0.15) is 0 Å². The second-order valence-corrected chi connectivity index (χ2v) is 5.16. The van der Waals surface area contributed by atoms with Gasteiger partial charge in [-0.1, -0.05) is 26.0 Å². The van der Waals surface area contributed by atoms with Crippen molar-refractivity contribution < 1.29 is 14.6 Å². The van der Waals surface area contributed by atoms with E-state index in [2.05, 4.69) is 0 Å². The molecule has 3 nitrogen and oxygen atoms in total. The number of carbonyl (C=O) groups is 1. The highest BCUT2D eigenvalue weighted by atomic mass is 32.1. The van der Waals surface area contributed by atoms with Crippen LogP contribution in [0, 0.1) is 0 Å². The predicted octanol–water partition coefficient (Wildman–Crippen LogP) is 3.73. The maximum atomic E-state index is 11.3. The molecule has 0 amide bonds. The fourth-order valence-corrected chi connectivity index (χ4v) is 3.29. The van der Waals surface area contributed by atoms with E-state index in [4.69, 9.17) is 4.74 Å². The molecule has 17 heavy (non-hydrogen) atoms. The Bertz CT molecular complexity index is 569. The molecule has 0 atom stereocenters. The number of rotatable bonds is 3. The average Bonchev–Trinajstić information content (AvgIpc) is 2.67. The molecule has 0 saturated heterocycles. The van der Waals surface area contributed by atoms with Crippen LogP contribution < -0.4 is 4.74 Å². The van der Waals surface area contributed by atoms with E-state index in [9.17, 15) is 9.90 Å². The highest BCUT2D eigenvalue weighted by Gasteiger charge is 2.21. The first-order chi connectivity index (χ1) is 8.06. The smallest absolute Gasteiger partial charge is 0.346 e. The zero-order chi connectivity index (χ0) is 12.6. The lowest BCUT2D eigenvalue weighted by atomic mass is 9.99. The Kier molecular flexibility index (Phi) is 3.07. The van der Waals surface area contributed by atoms with Gasteiger partial charge in [-0.3, -0.25) is 0 Å². The average molecular weight is 250 g/mol. The van der Waals surface area contributed by atoms with E-state index >= 15 is 0 Å². The van der Waals surface area contributed by atoms with Gasteiger partial charge in [-0.05, 0) is 17.5 Å². The van der Waals surface area contributed by atoms with Crippen LogP contribution in [0.3, 0.4) is 0 Å². The van der Waals surface area contributed by atoms with Crippen molar-refractivity contribution in [3.63, 3.8) is 0 Å². The third-order valence-corrected chi connectivity index (χ3v) is 3.93. The summed E-state index contributed by atoms with van der Waals surface area (Å²) in [6.45, 7) is 4.01. The lowest BCUT2D eigenvalue weighted by Crippen LogP contribution is -1.99. The van der Waals surface area contributed by atoms with Crippen molar-refractivity contribution in [1.82, 2.24) is 0 Å². The van der Waals surface area contributed by atoms with E-state index in [1.165, 1.54) is 11.3 Å². The summed E-state index contributed by atoms with van der Waals surface area (Å²) < 4.78 is 6.19. The third kappa shape index (κ3) is 1.89. The van der Waals surface area contributed by atoms with E-state index in [1.807, 2.05) is 32.0 Å². The van der Waals surface area contributed by atoms with Crippen molar-refractivity contribution in [2.45, 2.75) is 19.8 Å². The number of benzene rings is 1. The molecule has 0 unspecified atom stereocenters. The number of hydrogen-bond acceptors (Lipinski definition) is 3. The number of ether oxygens (including phenoxy) is 1. The molecule has 0 spiro atoms. The topological polar surface area (TPSA) is 46.5 Å². The highest BCUT2D eigenvalue weighted by molar-refractivity contribution is 7.21. The summed E-state index contributed by atoms with van der Waals surface area (Å²) in [7, 11) is 1.60. The monoisotopic (exact) mass is 250 g/mol. The Labute approximate surface area is 104 Å². The van der Waals surface area contributed by atoms with Gasteiger partial charge in [-0.25, -0.2) is 4.79 Å². The van der Waals surface area contributed by atoms with Gasteiger partial charge in [0.25, 0.3) is 0 Å². The Balaban J connectivity index is 2.83. The van der Waals surface area contributed by atoms with Crippen molar-refractivity contribution in [2.75, 3.05) is 7.11 Å². The van der Waals surface area contributed by atoms with E-state index in [0.717, 1.165) is 21.4 Å². The number of carboxylic acid groups (broad SMARTS) is 1. The van der Waals surface area contributed by atoms with E-state index in [0.29, 0.717) is 4.88 Å². The molecule has 1 aromatic heterocycles. The van der Waals surface area contributed by atoms with Crippen LogP contribution in [-0.4, -0.2) is 18.2 Å². The fourth-order valence-electron chi connectivity index (χ4n) is 2.01. The molecule has 1 aromatic carbocycles. The molecule has 2 aromatic rings. The van der Waals surface area contributed by atoms with Crippen LogP contribution >= 0.6 is 11.3 Å². The number of aromatic carboxylic acids is 1. The molecule has 90 valence electrons. The van der Waals surface area contributed by atoms with Crippen LogP contribution in [0.1, 0.15) is 35.0 Å². The summed E-state index contributed by atoms with van der Waals surface area (Å²) >= 11 is 1.29. The molecule has 0 aliphatic rings. The van der Waals surface area contributed by atoms with Gasteiger partial charge in [0.1, 0.15) is 10.6 Å². The Morgan fingerprint density at radius 2 is 2.12 bits per heavy atom. The van der Waals surface area contributed by atoms with Gasteiger partial charge in [0, 0.05) is 5.39 Å². The van der Waals surface area contributed by atoms with Crippen LogP contribution in [0.5, 0.6) is 5.75 Å². The minimum atomic E-state index is -0.864. The van der Waals surface area contributed by atoms with Gasteiger partial charge in [0.15, 0.2) is 0 Å². The van der Waals surface area contributed by atoms with Crippen LogP contribution in [0.25, 0.3) is 10.1 Å².